The van der Waals surface area contributed by atoms with Crippen molar-refractivity contribution in [1.82, 2.24) is 15.2 Å². The van der Waals surface area contributed by atoms with Crippen LogP contribution in [-0.4, -0.2) is 48.4 Å². The first kappa shape index (κ1) is 15.1. The number of amides is 2. The Morgan fingerprint density at radius 1 is 1.26 bits per heavy atom. The average molecular weight is 314 g/mol. The van der Waals surface area contributed by atoms with E-state index in [1.807, 2.05) is 6.07 Å². The van der Waals surface area contributed by atoms with Crippen molar-refractivity contribution in [3.05, 3.63) is 48.2 Å². The van der Waals surface area contributed by atoms with Crippen LogP contribution in [0.25, 0.3) is 0 Å². The van der Waals surface area contributed by atoms with Gasteiger partial charge in [-0.3, -0.25) is 9.59 Å². The van der Waals surface area contributed by atoms with Crippen molar-refractivity contribution >= 4 is 18.0 Å². The lowest BCUT2D eigenvalue weighted by molar-refractivity contribution is -0.118. The van der Waals surface area contributed by atoms with Gasteiger partial charge in [-0.25, -0.2) is 4.98 Å². The Hall–Kier alpha value is -2.83. The molecule has 3 rings (SSSR count). The summed E-state index contributed by atoms with van der Waals surface area (Å²) in [5.41, 5.74) is 1.32. The summed E-state index contributed by atoms with van der Waals surface area (Å²) in [4.78, 5) is 30.9. The van der Waals surface area contributed by atoms with Crippen LogP contribution in [0.5, 0.6) is 0 Å². The fraction of sp³-hybridized carbons (Fsp3) is 0.312. The van der Waals surface area contributed by atoms with E-state index >= 15 is 0 Å². The Kier molecular flexibility index (Phi) is 4.56. The highest BCUT2D eigenvalue weighted by atomic mass is 16.3. The van der Waals surface area contributed by atoms with Crippen LogP contribution in [0.2, 0.25) is 0 Å². The molecule has 0 saturated carbocycles. The maximum absolute atomic E-state index is 12.0. The smallest absolute Gasteiger partial charge is 0.270 e. The van der Waals surface area contributed by atoms with Gasteiger partial charge in [0.2, 0.25) is 6.41 Å². The number of anilines is 1. The van der Waals surface area contributed by atoms with E-state index in [2.05, 4.69) is 15.2 Å². The number of furan rings is 1. The van der Waals surface area contributed by atoms with Gasteiger partial charge in [0.15, 0.2) is 0 Å². The van der Waals surface area contributed by atoms with Crippen LogP contribution in [-0.2, 0) is 11.3 Å². The summed E-state index contributed by atoms with van der Waals surface area (Å²) in [6, 6.07) is 7.17. The molecule has 0 aromatic carbocycles. The number of carbonyl (C=O) groups is 2. The van der Waals surface area contributed by atoms with E-state index < -0.39 is 0 Å². The number of nitrogens with one attached hydrogen (secondary N) is 1. The van der Waals surface area contributed by atoms with Gasteiger partial charge >= 0.3 is 0 Å². The van der Waals surface area contributed by atoms with Gasteiger partial charge in [-0.15, -0.1) is 0 Å². The maximum Gasteiger partial charge on any atom is 0.270 e. The number of piperazine rings is 1. The maximum atomic E-state index is 12.0. The van der Waals surface area contributed by atoms with Gasteiger partial charge in [0.25, 0.3) is 5.91 Å². The molecule has 2 aromatic heterocycles. The first-order valence-corrected chi connectivity index (χ1v) is 7.47. The molecule has 7 heteroatoms. The average Bonchev–Trinajstić information content (AvgIpc) is 3.13. The van der Waals surface area contributed by atoms with Crippen molar-refractivity contribution in [2.24, 2.45) is 0 Å². The topological polar surface area (TPSA) is 78.7 Å². The van der Waals surface area contributed by atoms with Crippen molar-refractivity contribution in [3.8, 4) is 0 Å². The fourth-order valence-electron chi connectivity index (χ4n) is 2.46. The van der Waals surface area contributed by atoms with Crippen LogP contribution in [0, 0.1) is 0 Å². The van der Waals surface area contributed by atoms with Crippen LogP contribution in [0.15, 0.2) is 41.1 Å². The molecule has 1 saturated heterocycles. The predicted octanol–water partition coefficient (Wildman–Crippen LogP) is 0.883. The Labute approximate surface area is 133 Å². The molecule has 0 spiro atoms. The highest BCUT2D eigenvalue weighted by Gasteiger charge is 2.16. The van der Waals surface area contributed by atoms with Gasteiger partial charge in [-0.1, -0.05) is 0 Å². The van der Waals surface area contributed by atoms with Gasteiger partial charge in [0.05, 0.1) is 24.7 Å². The monoisotopic (exact) mass is 314 g/mol. The first-order chi connectivity index (χ1) is 11.3. The molecule has 1 aliphatic heterocycles. The van der Waals surface area contributed by atoms with Crippen LogP contribution in [0.4, 0.5) is 5.69 Å². The molecule has 120 valence electrons. The Morgan fingerprint density at radius 2 is 2.09 bits per heavy atom. The second kappa shape index (κ2) is 6.95. The summed E-state index contributed by atoms with van der Waals surface area (Å²) in [5.74, 6) is 0.460. The van der Waals surface area contributed by atoms with E-state index in [9.17, 15) is 9.59 Å². The lowest BCUT2D eigenvalue weighted by Crippen LogP contribution is -2.45. The fourth-order valence-corrected chi connectivity index (χ4v) is 2.46. The SMILES string of the molecule is O=CN1CCN(c2ccc(C(=O)NCc3ccco3)nc2)CC1. The molecule has 2 aromatic rings. The second-order valence-electron chi connectivity index (χ2n) is 5.29. The van der Waals surface area contributed by atoms with Crippen molar-refractivity contribution in [2.45, 2.75) is 6.54 Å². The summed E-state index contributed by atoms with van der Waals surface area (Å²) >= 11 is 0. The summed E-state index contributed by atoms with van der Waals surface area (Å²) in [6.07, 6.45) is 4.14. The van der Waals surface area contributed by atoms with Gasteiger partial charge in [0, 0.05) is 26.2 Å². The van der Waals surface area contributed by atoms with Gasteiger partial charge < -0.3 is 19.5 Å². The van der Waals surface area contributed by atoms with E-state index in [0.29, 0.717) is 31.1 Å². The minimum atomic E-state index is -0.237. The first-order valence-electron chi connectivity index (χ1n) is 7.47. The zero-order chi connectivity index (χ0) is 16.1. The van der Waals surface area contributed by atoms with Gasteiger partial charge in [-0.05, 0) is 24.3 Å². The minimum Gasteiger partial charge on any atom is -0.467 e. The Balaban J connectivity index is 1.56. The molecule has 0 unspecified atom stereocenters. The molecule has 1 aliphatic rings. The number of nitrogens with zero attached hydrogens (tertiary/aromatic N) is 3. The third kappa shape index (κ3) is 3.68. The van der Waals surface area contributed by atoms with Crippen molar-refractivity contribution < 1.29 is 14.0 Å². The molecular formula is C16H18N4O3. The summed E-state index contributed by atoms with van der Waals surface area (Å²) in [6.45, 7) is 3.28. The third-order valence-corrected chi connectivity index (χ3v) is 3.81. The summed E-state index contributed by atoms with van der Waals surface area (Å²) < 4.78 is 5.17. The van der Waals surface area contributed by atoms with E-state index in [4.69, 9.17) is 4.42 Å². The highest BCUT2D eigenvalue weighted by Crippen LogP contribution is 2.15. The summed E-state index contributed by atoms with van der Waals surface area (Å²) in [5, 5.41) is 2.76. The molecule has 7 nitrogen and oxygen atoms in total. The van der Waals surface area contributed by atoms with Crippen LogP contribution in [0.3, 0.4) is 0 Å². The number of hydrogen-bond donors (Lipinski definition) is 1. The lowest BCUT2D eigenvalue weighted by Gasteiger charge is -2.33. The Bertz CT molecular complexity index is 646. The molecular weight excluding hydrogens is 296 g/mol. The molecule has 0 aliphatic carbocycles. The number of carbonyl (C=O) groups excluding carboxylic acids is 2. The summed E-state index contributed by atoms with van der Waals surface area (Å²) in [7, 11) is 0. The van der Waals surface area contributed by atoms with E-state index in [-0.39, 0.29) is 5.91 Å². The number of rotatable bonds is 5. The number of aromatic nitrogens is 1. The minimum absolute atomic E-state index is 0.237. The van der Waals surface area contributed by atoms with Crippen LogP contribution < -0.4 is 10.2 Å². The Morgan fingerprint density at radius 3 is 2.70 bits per heavy atom. The molecule has 0 bridgehead atoms. The zero-order valence-corrected chi connectivity index (χ0v) is 12.6. The predicted molar refractivity (Wildman–Crippen MR) is 84.0 cm³/mol. The largest absolute Gasteiger partial charge is 0.467 e. The zero-order valence-electron chi connectivity index (χ0n) is 12.6. The quantitative estimate of drug-likeness (QED) is 0.829. The molecule has 3 heterocycles. The van der Waals surface area contributed by atoms with E-state index in [1.165, 1.54) is 0 Å². The molecule has 0 radical (unpaired) electrons. The van der Waals surface area contributed by atoms with Gasteiger partial charge in [0.1, 0.15) is 11.5 Å². The normalized spacial score (nSPS) is 14.6. The molecule has 2 amide bonds. The lowest BCUT2D eigenvalue weighted by atomic mass is 10.2. The van der Waals surface area contributed by atoms with Crippen molar-refractivity contribution in [1.29, 1.82) is 0 Å². The van der Waals surface area contributed by atoms with Crippen molar-refractivity contribution in [3.63, 3.8) is 0 Å². The third-order valence-electron chi connectivity index (χ3n) is 3.81. The standard InChI is InChI=1S/C16H18N4O3/c21-12-19-5-7-20(8-6-19)13-3-4-15(17-10-13)16(22)18-11-14-2-1-9-23-14/h1-4,9-10,12H,5-8,11H2,(H,18,22). The van der Waals surface area contributed by atoms with Crippen molar-refractivity contribution in [2.75, 3.05) is 31.1 Å². The van der Waals surface area contributed by atoms with Crippen LogP contribution in [0.1, 0.15) is 16.2 Å². The highest BCUT2D eigenvalue weighted by molar-refractivity contribution is 5.92. The number of hydrogen-bond acceptors (Lipinski definition) is 5. The molecule has 1 fully saturated rings. The molecule has 0 atom stereocenters. The van der Waals surface area contributed by atoms with Crippen LogP contribution >= 0.6 is 0 Å². The van der Waals surface area contributed by atoms with E-state index in [0.717, 1.165) is 25.2 Å². The van der Waals surface area contributed by atoms with Gasteiger partial charge in [-0.2, -0.15) is 0 Å². The second-order valence-corrected chi connectivity index (χ2v) is 5.29. The molecule has 1 N–H and O–H groups in total. The van der Waals surface area contributed by atoms with E-state index in [1.54, 1.807) is 35.6 Å². The molecule has 23 heavy (non-hydrogen) atoms. The number of pyridine rings is 1.